The van der Waals surface area contributed by atoms with E-state index in [4.69, 9.17) is 10.3 Å². The SMILES string of the molecule is CC(C)C(C)c1nc(-c2ccc(CN)cc2)no1.Cl. The molecule has 2 rings (SSSR count). The molecule has 104 valence electrons. The molecule has 1 heterocycles. The molecule has 1 aromatic carbocycles. The van der Waals surface area contributed by atoms with Crippen LogP contribution in [-0.2, 0) is 6.54 Å². The molecular weight excluding hydrogens is 262 g/mol. The van der Waals surface area contributed by atoms with E-state index in [9.17, 15) is 0 Å². The van der Waals surface area contributed by atoms with E-state index in [0.29, 0.717) is 24.2 Å². The number of hydrogen-bond acceptors (Lipinski definition) is 4. The van der Waals surface area contributed by atoms with Crippen molar-refractivity contribution in [1.29, 1.82) is 0 Å². The van der Waals surface area contributed by atoms with Crippen molar-refractivity contribution in [3.8, 4) is 11.4 Å². The summed E-state index contributed by atoms with van der Waals surface area (Å²) in [4.78, 5) is 4.45. The first kappa shape index (κ1) is 15.7. The van der Waals surface area contributed by atoms with Crippen LogP contribution in [0.3, 0.4) is 0 Å². The van der Waals surface area contributed by atoms with Crippen molar-refractivity contribution in [2.75, 3.05) is 0 Å². The zero-order valence-electron chi connectivity index (χ0n) is 11.5. The smallest absolute Gasteiger partial charge is 0.230 e. The third-order valence-corrected chi connectivity index (χ3v) is 3.28. The average Bonchev–Trinajstić information content (AvgIpc) is 2.87. The van der Waals surface area contributed by atoms with Gasteiger partial charge in [-0.05, 0) is 11.5 Å². The van der Waals surface area contributed by atoms with E-state index in [1.807, 2.05) is 24.3 Å². The van der Waals surface area contributed by atoms with E-state index in [0.717, 1.165) is 11.1 Å². The predicted molar refractivity (Wildman–Crippen MR) is 78.1 cm³/mol. The first-order chi connectivity index (χ1) is 8.61. The summed E-state index contributed by atoms with van der Waals surface area (Å²) in [5.74, 6) is 2.09. The van der Waals surface area contributed by atoms with E-state index in [1.165, 1.54) is 0 Å². The average molecular weight is 282 g/mol. The Balaban J connectivity index is 0.00000180. The van der Waals surface area contributed by atoms with Gasteiger partial charge in [-0.25, -0.2) is 0 Å². The van der Waals surface area contributed by atoms with Gasteiger partial charge in [-0.15, -0.1) is 12.4 Å². The molecule has 0 aliphatic heterocycles. The lowest BCUT2D eigenvalue weighted by atomic mass is 9.98. The lowest BCUT2D eigenvalue weighted by molar-refractivity contribution is 0.332. The minimum atomic E-state index is 0. The first-order valence-corrected chi connectivity index (χ1v) is 6.24. The van der Waals surface area contributed by atoms with Crippen LogP contribution in [0.2, 0.25) is 0 Å². The topological polar surface area (TPSA) is 64.9 Å². The molecule has 2 aromatic rings. The molecule has 0 radical (unpaired) electrons. The molecule has 4 nitrogen and oxygen atoms in total. The van der Waals surface area contributed by atoms with Gasteiger partial charge < -0.3 is 10.3 Å². The Morgan fingerprint density at radius 1 is 1.16 bits per heavy atom. The van der Waals surface area contributed by atoms with Gasteiger partial charge in [-0.3, -0.25) is 0 Å². The lowest BCUT2D eigenvalue weighted by Crippen LogP contribution is -2.02. The summed E-state index contributed by atoms with van der Waals surface area (Å²) < 4.78 is 5.31. The van der Waals surface area contributed by atoms with Crippen LogP contribution < -0.4 is 5.73 Å². The second kappa shape index (κ2) is 6.68. The second-order valence-electron chi connectivity index (χ2n) is 4.89. The third kappa shape index (κ3) is 3.55. The van der Waals surface area contributed by atoms with Crippen molar-refractivity contribution in [3.63, 3.8) is 0 Å². The highest BCUT2D eigenvalue weighted by Gasteiger charge is 2.17. The van der Waals surface area contributed by atoms with Gasteiger partial charge in [0.25, 0.3) is 0 Å². The number of aromatic nitrogens is 2. The third-order valence-electron chi connectivity index (χ3n) is 3.28. The molecule has 0 bridgehead atoms. The Morgan fingerprint density at radius 3 is 2.32 bits per heavy atom. The van der Waals surface area contributed by atoms with E-state index in [-0.39, 0.29) is 18.3 Å². The first-order valence-electron chi connectivity index (χ1n) is 6.24. The summed E-state index contributed by atoms with van der Waals surface area (Å²) in [7, 11) is 0. The predicted octanol–water partition coefficient (Wildman–Crippen LogP) is 3.38. The van der Waals surface area contributed by atoms with Crippen LogP contribution in [0.5, 0.6) is 0 Å². The van der Waals surface area contributed by atoms with E-state index >= 15 is 0 Å². The van der Waals surface area contributed by atoms with Crippen LogP contribution in [0.15, 0.2) is 28.8 Å². The van der Waals surface area contributed by atoms with Crippen molar-refractivity contribution >= 4 is 12.4 Å². The van der Waals surface area contributed by atoms with Gasteiger partial charge >= 0.3 is 0 Å². The van der Waals surface area contributed by atoms with Gasteiger partial charge in [0.05, 0.1) is 0 Å². The standard InChI is InChI=1S/C14H19N3O.ClH/c1-9(2)10(3)14-16-13(17-18-14)12-6-4-11(8-15)5-7-12;/h4-7,9-10H,8,15H2,1-3H3;1H. The van der Waals surface area contributed by atoms with Crippen molar-refractivity contribution in [1.82, 2.24) is 10.1 Å². The Morgan fingerprint density at radius 2 is 1.79 bits per heavy atom. The summed E-state index contributed by atoms with van der Waals surface area (Å²) in [6.07, 6.45) is 0. The van der Waals surface area contributed by atoms with Crippen molar-refractivity contribution in [2.45, 2.75) is 33.2 Å². The highest BCUT2D eigenvalue weighted by molar-refractivity contribution is 5.85. The summed E-state index contributed by atoms with van der Waals surface area (Å²) in [6, 6.07) is 7.90. The van der Waals surface area contributed by atoms with Crippen LogP contribution in [0.1, 0.15) is 38.1 Å². The van der Waals surface area contributed by atoms with Crippen LogP contribution in [0.25, 0.3) is 11.4 Å². The fraction of sp³-hybridized carbons (Fsp3) is 0.429. The van der Waals surface area contributed by atoms with E-state index in [2.05, 4.69) is 30.9 Å². The highest BCUT2D eigenvalue weighted by atomic mass is 35.5. The van der Waals surface area contributed by atoms with Crippen molar-refractivity contribution < 1.29 is 4.52 Å². The second-order valence-corrected chi connectivity index (χ2v) is 4.89. The molecule has 5 heteroatoms. The summed E-state index contributed by atoms with van der Waals surface area (Å²) in [5.41, 5.74) is 7.62. The molecule has 1 unspecified atom stereocenters. The van der Waals surface area contributed by atoms with Crippen LogP contribution in [0.4, 0.5) is 0 Å². The molecule has 0 aliphatic carbocycles. The molecule has 0 aliphatic rings. The largest absolute Gasteiger partial charge is 0.339 e. The summed E-state index contributed by atoms with van der Waals surface area (Å²) in [6.45, 7) is 6.93. The number of hydrogen-bond donors (Lipinski definition) is 1. The number of benzene rings is 1. The van der Waals surface area contributed by atoms with Crippen LogP contribution in [-0.4, -0.2) is 10.1 Å². The molecule has 0 saturated heterocycles. The lowest BCUT2D eigenvalue weighted by Gasteiger charge is -2.08. The number of halogens is 1. The Bertz CT molecular complexity index is 508. The molecular formula is C14H20ClN3O. The van der Waals surface area contributed by atoms with Crippen LogP contribution in [0, 0.1) is 5.92 Å². The van der Waals surface area contributed by atoms with Gasteiger partial charge in [0, 0.05) is 18.0 Å². The van der Waals surface area contributed by atoms with Crippen molar-refractivity contribution in [2.24, 2.45) is 11.7 Å². The fourth-order valence-corrected chi connectivity index (χ4v) is 1.61. The number of nitrogens with zero attached hydrogens (tertiary/aromatic N) is 2. The van der Waals surface area contributed by atoms with Gasteiger partial charge in [0.15, 0.2) is 0 Å². The van der Waals surface area contributed by atoms with E-state index in [1.54, 1.807) is 0 Å². The quantitative estimate of drug-likeness (QED) is 0.933. The van der Waals surface area contributed by atoms with Crippen molar-refractivity contribution in [3.05, 3.63) is 35.7 Å². The molecule has 1 atom stereocenters. The minimum absolute atomic E-state index is 0. The normalized spacial score (nSPS) is 12.3. The van der Waals surface area contributed by atoms with Gasteiger partial charge in [-0.2, -0.15) is 4.98 Å². The fourth-order valence-electron chi connectivity index (χ4n) is 1.61. The molecule has 19 heavy (non-hydrogen) atoms. The summed E-state index contributed by atoms with van der Waals surface area (Å²) in [5, 5.41) is 4.03. The molecule has 2 N–H and O–H groups in total. The van der Waals surface area contributed by atoms with Gasteiger partial charge in [0.1, 0.15) is 0 Å². The maximum Gasteiger partial charge on any atom is 0.230 e. The number of nitrogens with two attached hydrogens (primary N) is 1. The van der Waals surface area contributed by atoms with Gasteiger partial charge in [0.2, 0.25) is 11.7 Å². The van der Waals surface area contributed by atoms with Gasteiger partial charge in [-0.1, -0.05) is 50.2 Å². The zero-order chi connectivity index (χ0) is 13.1. The number of rotatable bonds is 4. The molecule has 0 fully saturated rings. The zero-order valence-corrected chi connectivity index (χ0v) is 12.3. The monoisotopic (exact) mass is 281 g/mol. The molecule has 0 spiro atoms. The molecule has 0 amide bonds. The Hall–Kier alpha value is -1.39. The minimum Gasteiger partial charge on any atom is -0.339 e. The Kier molecular flexibility index (Phi) is 5.51. The maximum atomic E-state index is 5.57. The maximum absolute atomic E-state index is 5.57. The molecule has 1 aromatic heterocycles. The Labute approximate surface area is 119 Å². The highest BCUT2D eigenvalue weighted by Crippen LogP contribution is 2.24. The van der Waals surface area contributed by atoms with E-state index < -0.39 is 0 Å². The molecule has 0 saturated carbocycles. The van der Waals surface area contributed by atoms with Crippen LogP contribution >= 0.6 is 12.4 Å². The summed E-state index contributed by atoms with van der Waals surface area (Å²) >= 11 is 0.